The quantitative estimate of drug-likeness (QED) is 0.234. The molecule has 45 heavy (non-hydrogen) atoms. The molecule has 0 aliphatic heterocycles. The fraction of sp³-hybridized carbons (Fsp3) is 0.467. The Morgan fingerprint density at radius 1 is 1.11 bits per heavy atom. The summed E-state index contributed by atoms with van der Waals surface area (Å²) in [5.74, 6) is -1.77. The number of pyridine rings is 2. The van der Waals surface area contributed by atoms with E-state index in [2.05, 4.69) is 15.0 Å². The summed E-state index contributed by atoms with van der Waals surface area (Å²) >= 11 is 0. The molecule has 1 N–H and O–H groups in total. The lowest BCUT2D eigenvalue weighted by molar-refractivity contribution is -0.144. The van der Waals surface area contributed by atoms with E-state index in [-0.39, 0.29) is 47.1 Å². The molecule has 3 rings (SSSR count). The summed E-state index contributed by atoms with van der Waals surface area (Å²) in [5, 5.41) is 0. The van der Waals surface area contributed by atoms with Crippen molar-refractivity contribution in [2.24, 2.45) is 5.92 Å². The van der Waals surface area contributed by atoms with Crippen LogP contribution in [0.25, 0.3) is 11.0 Å². The summed E-state index contributed by atoms with van der Waals surface area (Å²) < 4.78 is 62.2. The lowest BCUT2D eigenvalue weighted by Gasteiger charge is -2.20. The highest BCUT2D eigenvalue weighted by Gasteiger charge is 2.35. The molecule has 0 bridgehead atoms. The molecule has 11 nitrogen and oxygen atoms in total. The summed E-state index contributed by atoms with van der Waals surface area (Å²) in [4.78, 5) is 64.2. The van der Waals surface area contributed by atoms with Crippen LogP contribution < -0.4 is 5.56 Å². The monoisotopic (exact) mass is 636 g/mol. The fourth-order valence-electron chi connectivity index (χ4n) is 4.39. The molecule has 0 radical (unpaired) electrons. The van der Waals surface area contributed by atoms with Gasteiger partial charge in [0.1, 0.15) is 17.0 Å². The number of alkyl halides is 3. The molecule has 3 aromatic rings. The van der Waals surface area contributed by atoms with E-state index in [0.717, 1.165) is 17.2 Å². The number of halogens is 4. The van der Waals surface area contributed by atoms with Gasteiger partial charge in [-0.1, -0.05) is 26.0 Å². The number of nitrogens with one attached hydrogen (secondary N) is 1. The molecule has 0 aliphatic rings. The zero-order chi connectivity index (χ0) is 33.6. The van der Waals surface area contributed by atoms with Gasteiger partial charge in [-0.25, -0.2) is 14.2 Å². The number of rotatable bonds is 12. The predicted molar refractivity (Wildman–Crippen MR) is 157 cm³/mol. The Morgan fingerprint density at radius 2 is 1.80 bits per heavy atom. The van der Waals surface area contributed by atoms with Gasteiger partial charge in [0.05, 0.1) is 24.0 Å². The van der Waals surface area contributed by atoms with Crippen LogP contribution in [0, 0.1) is 11.7 Å². The average molecular weight is 637 g/mol. The number of aromatic amines is 1. The molecule has 3 heterocycles. The Balaban J connectivity index is 1.96. The topological polar surface area (TPSA) is 130 Å². The Labute approximate surface area is 256 Å². The van der Waals surface area contributed by atoms with Gasteiger partial charge in [0.25, 0.3) is 5.56 Å². The number of H-pyrrole nitrogens is 1. The van der Waals surface area contributed by atoms with Gasteiger partial charge < -0.3 is 19.5 Å². The number of allylic oxidation sites excluding steroid dienone is 1. The van der Waals surface area contributed by atoms with Crippen LogP contribution in [-0.2, 0) is 39.9 Å². The van der Waals surface area contributed by atoms with Gasteiger partial charge in [-0.2, -0.15) is 13.2 Å². The number of hydrogen-bond donors (Lipinski definition) is 1. The van der Waals surface area contributed by atoms with E-state index in [1.54, 1.807) is 14.1 Å². The number of imidazole rings is 1. The molecule has 15 heteroatoms. The minimum atomic E-state index is -4.94. The van der Waals surface area contributed by atoms with Crippen LogP contribution in [0.2, 0.25) is 0 Å². The Bertz CT molecular complexity index is 1640. The van der Waals surface area contributed by atoms with Gasteiger partial charge in [-0.3, -0.25) is 23.9 Å². The van der Waals surface area contributed by atoms with E-state index in [9.17, 15) is 36.7 Å². The van der Waals surface area contributed by atoms with Crippen molar-refractivity contribution in [2.75, 3.05) is 28.2 Å². The lowest BCUT2D eigenvalue weighted by Crippen LogP contribution is -2.36. The Morgan fingerprint density at radius 3 is 2.40 bits per heavy atom. The number of ketones is 1. The highest BCUT2D eigenvalue weighted by Crippen LogP contribution is 2.29. The first-order chi connectivity index (χ1) is 21.0. The number of ether oxygens (including phenoxy) is 1. The SMILES string of the molecule is CC(C)Cc1ncc(F)c2nc(Cn3c(C(F)(F)F)ccc(CC(=O)[C@H](CC/C=C/C(=O)N(C)C)OC(=O)N(C)C)c3=O)[nH]c12. The number of nitrogens with zero attached hydrogens (tertiary/aromatic N) is 5. The second kappa shape index (κ2) is 14.5. The van der Waals surface area contributed by atoms with E-state index in [0.29, 0.717) is 22.7 Å². The van der Waals surface area contributed by atoms with E-state index in [4.69, 9.17) is 4.74 Å². The predicted octanol–water partition coefficient (Wildman–Crippen LogP) is 4.13. The summed E-state index contributed by atoms with van der Waals surface area (Å²) in [6.07, 6.45) is -3.43. The molecule has 0 aliphatic carbocycles. The number of amides is 2. The first kappa shape index (κ1) is 34.9. The van der Waals surface area contributed by atoms with Gasteiger partial charge in [-0.15, -0.1) is 0 Å². The maximum Gasteiger partial charge on any atom is 0.431 e. The highest BCUT2D eigenvalue weighted by atomic mass is 19.4. The highest BCUT2D eigenvalue weighted by molar-refractivity contribution is 5.88. The number of aromatic nitrogens is 4. The molecule has 244 valence electrons. The van der Waals surface area contributed by atoms with Crippen LogP contribution in [-0.4, -0.2) is 81.4 Å². The first-order valence-electron chi connectivity index (χ1n) is 14.1. The minimum absolute atomic E-state index is 0.0399. The minimum Gasteiger partial charge on any atom is -0.438 e. The van der Waals surface area contributed by atoms with Gasteiger partial charge in [0, 0.05) is 40.2 Å². The first-order valence-corrected chi connectivity index (χ1v) is 14.1. The van der Waals surface area contributed by atoms with E-state index in [1.807, 2.05) is 13.8 Å². The smallest absolute Gasteiger partial charge is 0.431 e. The molecule has 2 amide bonds. The zero-order valence-electron chi connectivity index (χ0n) is 25.9. The number of carbonyl (C=O) groups is 3. The van der Waals surface area contributed by atoms with Crippen molar-refractivity contribution in [1.29, 1.82) is 0 Å². The van der Waals surface area contributed by atoms with Crippen molar-refractivity contribution in [3.63, 3.8) is 0 Å². The molecule has 3 aromatic heterocycles. The normalized spacial score (nSPS) is 12.6. The summed E-state index contributed by atoms with van der Waals surface area (Å²) in [6.45, 7) is 3.14. The van der Waals surface area contributed by atoms with E-state index < -0.39 is 54.2 Å². The largest absolute Gasteiger partial charge is 0.438 e. The van der Waals surface area contributed by atoms with Gasteiger partial charge >= 0.3 is 12.3 Å². The van der Waals surface area contributed by atoms with Crippen molar-refractivity contribution < 1.29 is 36.7 Å². The van der Waals surface area contributed by atoms with Gasteiger partial charge in [0.2, 0.25) is 5.91 Å². The van der Waals surface area contributed by atoms with Crippen LogP contribution in [0.15, 0.2) is 35.3 Å². The summed E-state index contributed by atoms with van der Waals surface area (Å²) in [7, 11) is 5.92. The molecule has 0 spiro atoms. The lowest BCUT2D eigenvalue weighted by atomic mass is 10.0. The molecule has 0 unspecified atom stereocenters. The van der Waals surface area contributed by atoms with Crippen molar-refractivity contribution in [2.45, 2.75) is 58.4 Å². The third-order valence-electron chi connectivity index (χ3n) is 6.68. The van der Waals surface area contributed by atoms with E-state index >= 15 is 0 Å². The molecular formula is C30H36F4N6O5. The second-order valence-electron chi connectivity index (χ2n) is 11.3. The molecule has 0 saturated heterocycles. The second-order valence-corrected chi connectivity index (χ2v) is 11.3. The van der Waals surface area contributed by atoms with Crippen molar-refractivity contribution in [3.8, 4) is 0 Å². The fourth-order valence-corrected chi connectivity index (χ4v) is 4.39. The van der Waals surface area contributed by atoms with Gasteiger partial charge in [0.15, 0.2) is 17.7 Å². The number of fused-ring (bicyclic) bond motifs is 1. The number of Topliss-reactive ketones (excluding diaryl/α,β-unsaturated/α-hetero) is 1. The van der Waals surface area contributed by atoms with Crippen molar-refractivity contribution >= 4 is 28.8 Å². The van der Waals surface area contributed by atoms with Crippen LogP contribution in [0.5, 0.6) is 0 Å². The van der Waals surface area contributed by atoms with Crippen molar-refractivity contribution in [1.82, 2.24) is 29.3 Å². The van der Waals surface area contributed by atoms with Crippen LogP contribution in [0.4, 0.5) is 22.4 Å². The molecule has 0 aromatic carbocycles. The summed E-state index contributed by atoms with van der Waals surface area (Å²) in [5.41, 5.74) is -2.11. The van der Waals surface area contributed by atoms with E-state index in [1.165, 1.54) is 31.1 Å². The Hall–Kier alpha value is -4.56. The van der Waals surface area contributed by atoms with Crippen LogP contribution in [0.1, 0.15) is 49.5 Å². The third kappa shape index (κ3) is 8.99. The van der Waals surface area contributed by atoms with Crippen molar-refractivity contribution in [3.05, 3.63) is 69.4 Å². The van der Waals surface area contributed by atoms with Gasteiger partial charge in [-0.05, 0) is 37.3 Å². The van der Waals surface area contributed by atoms with Crippen LogP contribution in [0.3, 0.4) is 0 Å². The summed E-state index contributed by atoms with van der Waals surface area (Å²) in [6, 6.07) is 1.58. The number of carbonyl (C=O) groups excluding carboxylic acids is 3. The number of likely N-dealkylation sites (N-methyl/N-ethyl adjacent to an activating group) is 1. The van der Waals surface area contributed by atoms with Crippen LogP contribution >= 0.6 is 0 Å². The third-order valence-corrected chi connectivity index (χ3v) is 6.68. The Kier molecular flexibility index (Phi) is 11.2. The average Bonchev–Trinajstić information content (AvgIpc) is 3.37. The molecule has 0 saturated carbocycles. The maximum atomic E-state index is 14.5. The zero-order valence-corrected chi connectivity index (χ0v) is 25.9. The molecule has 1 atom stereocenters. The maximum absolute atomic E-state index is 14.5. The molecule has 0 fully saturated rings. The standard InChI is InChI=1S/C30H36F4N6O5/c1-17(2)13-20-27-26(19(31)15-35-20)36-24(37-27)16-40-23(30(32,33)34)12-11-18(28(40)43)14-21(41)22(45-29(44)39(5)6)9-7-8-10-25(42)38(3)4/h8,10-12,15,17,22H,7,9,13-14,16H2,1-6H3,(H,36,37)/b10-8+/t22-/m0/s1. The number of hydrogen-bond acceptors (Lipinski definition) is 7. The molecular weight excluding hydrogens is 600 g/mol.